The Hall–Kier alpha value is -0.780. The van der Waals surface area contributed by atoms with Crippen molar-refractivity contribution in [2.75, 3.05) is 0 Å². The minimum atomic E-state index is 0.574. The van der Waals surface area contributed by atoms with Crippen LogP contribution in [-0.4, -0.2) is 0 Å². The highest BCUT2D eigenvalue weighted by Gasteiger charge is 2.54. The highest BCUT2D eigenvalue weighted by atomic mass is 14.6. The van der Waals surface area contributed by atoms with Gasteiger partial charge in [-0.1, -0.05) is 52.0 Å². The van der Waals surface area contributed by atoms with Gasteiger partial charge in [-0.25, -0.2) is 0 Å². The number of benzene rings is 1. The van der Waals surface area contributed by atoms with E-state index >= 15 is 0 Å². The van der Waals surface area contributed by atoms with E-state index in [1.54, 1.807) is 5.56 Å². The Bertz CT molecular complexity index is 422. The molecule has 3 rings (SSSR count). The number of hydrogen-bond donors (Lipinski definition) is 0. The summed E-state index contributed by atoms with van der Waals surface area (Å²) in [6.45, 7) is 9.69. The summed E-state index contributed by atoms with van der Waals surface area (Å²) in [4.78, 5) is 0. The van der Waals surface area contributed by atoms with Crippen molar-refractivity contribution in [3.63, 3.8) is 0 Å². The summed E-state index contributed by atoms with van der Waals surface area (Å²) < 4.78 is 0. The summed E-state index contributed by atoms with van der Waals surface area (Å²) in [5.74, 6) is 3.60. The second-order valence-corrected chi connectivity index (χ2v) is 7.14. The van der Waals surface area contributed by atoms with Crippen molar-refractivity contribution in [2.45, 2.75) is 52.9 Å². The van der Waals surface area contributed by atoms with Crippen LogP contribution in [0.1, 0.15) is 57.6 Å². The van der Waals surface area contributed by atoms with Crippen molar-refractivity contribution in [1.29, 1.82) is 0 Å². The van der Waals surface area contributed by atoms with Crippen molar-refractivity contribution >= 4 is 0 Å². The van der Waals surface area contributed by atoms with Crippen molar-refractivity contribution in [3.05, 3.63) is 35.4 Å². The van der Waals surface area contributed by atoms with Crippen molar-refractivity contribution in [1.82, 2.24) is 0 Å². The lowest BCUT2D eigenvalue weighted by Gasteiger charge is -2.40. The number of aryl methyl sites for hydroxylation is 1. The molecule has 98 valence electrons. The van der Waals surface area contributed by atoms with Crippen molar-refractivity contribution in [2.24, 2.45) is 23.2 Å². The molecule has 2 bridgehead atoms. The van der Waals surface area contributed by atoms with E-state index in [2.05, 4.69) is 52.0 Å². The first-order chi connectivity index (χ1) is 8.54. The molecule has 0 radical (unpaired) electrons. The highest BCUT2D eigenvalue weighted by molar-refractivity contribution is 5.28. The molecule has 18 heavy (non-hydrogen) atoms. The van der Waals surface area contributed by atoms with Crippen LogP contribution in [0.5, 0.6) is 0 Å². The third-order valence-corrected chi connectivity index (χ3v) is 6.30. The number of rotatable bonds is 2. The molecular weight excluding hydrogens is 216 g/mol. The summed E-state index contributed by atoms with van der Waals surface area (Å²) in [7, 11) is 0. The summed E-state index contributed by atoms with van der Waals surface area (Å²) >= 11 is 0. The molecule has 2 aliphatic carbocycles. The molecule has 0 aliphatic heterocycles. The van der Waals surface area contributed by atoms with Gasteiger partial charge in [0, 0.05) is 0 Å². The smallest absolute Gasteiger partial charge is 0.0128 e. The highest BCUT2D eigenvalue weighted by Crippen LogP contribution is 2.63. The molecule has 0 spiro atoms. The Labute approximate surface area is 112 Å². The van der Waals surface area contributed by atoms with E-state index in [1.165, 1.54) is 18.4 Å². The first kappa shape index (κ1) is 12.3. The molecule has 0 amide bonds. The van der Waals surface area contributed by atoms with Gasteiger partial charge in [-0.2, -0.15) is 0 Å². The summed E-state index contributed by atoms with van der Waals surface area (Å²) in [5, 5.41) is 0. The molecular formula is C18H26. The molecule has 4 unspecified atom stereocenters. The molecule has 1 aromatic rings. The zero-order chi connectivity index (χ0) is 12.9. The van der Waals surface area contributed by atoms with E-state index in [1.807, 2.05) is 0 Å². The van der Waals surface area contributed by atoms with E-state index in [0.29, 0.717) is 5.41 Å². The van der Waals surface area contributed by atoms with Gasteiger partial charge in [-0.05, 0) is 59.5 Å². The van der Waals surface area contributed by atoms with Crippen molar-refractivity contribution < 1.29 is 0 Å². The average molecular weight is 242 g/mol. The van der Waals surface area contributed by atoms with Crippen LogP contribution in [0, 0.1) is 23.2 Å². The van der Waals surface area contributed by atoms with Crippen LogP contribution in [0.3, 0.4) is 0 Å². The molecule has 0 N–H and O–H groups in total. The van der Waals surface area contributed by atoms with Crippen LogP contribution in [0.25, 0.3) is 0 Å². The Morgan fingerprint density at radius 2 is 1.78 bits per heavy atom. The largest absolute Gasteiger partial charge is 0.0617 e. The third kappa shape index (κ3) is 1.65. The van der Waals surface area contributed by atoms with Crippen LogP contribution in [0.2, 0.25) is 0 Å². The molecule has 2 aliphatic rings. The maximum absolute atomic E-state index is 2.48. The number of fused-ring (bicyclic) bond motifs is 2. The fraction of sp³-hybridized carbons (Fsp3) is 0.667. The van der Waals surface area contributed by atoms with E-state index < -0.39 is 0 Å². The number of hydrogen-bond acceptors (Lipinski definition) is 0. The molecule has 2 saturated carbocycles. The van der Waals surface area contributed by atoms with Gasteiger partial charge in [0.25, 0.3) is 0 Å². The zero-order valence-corrected chi connectivity index (χ0v) is 12.2. The average Bonchev–Trinajstić information content (AvgIpc) is 2.90. The fourth-order valence-electron chi connectivity index (χ4n) is 4.54. The maximum atomic E-state index is 2.48. The van der Waals surface area contributed by atoms with Crippen LogP contribution in [-0.2, 0) is 6.42 Å². The fourth-order valence-corrected chi connectivity index (χ4v) is 4.54. The molecule has 0 heteroatoms. The second kappa shape index (κ2) is 4.11. The van der Waals surface area contributed by atoms with Gasteiger partial charge in [-0.3, -0.25) is 0 Å². The Morgan fingerprint density at radius 3 is 2.28 bits per heavy atom. The van der Waals surface area contributed by atoms with E-state index in [9.17, 15) is 0 Å². The predicted octanol–water partition coefficient (Wildman–Crippen LogP) is 5.03. The minimum absolute atomic E-state index is 0.574. The molecule has 1 aromatic carbocycles. The first-order valence-electron chi connectivity index (χ1n) is 7.63. The lowest BCUT2D eigenvalue weighted by Crippen LogP contribution is -2.32. The van der Waals surface area contributed by atoms with Gasteiger partial charge in [0.15, 0.2) is 0 Å². The van der Waals surface area contributed by atoms with Gasteiger partial charge < -0.3 is 0 Å². The van der Waals surface area contributed by atoms with E-state index in [0.717, 1.165) is 30.1 Å². The van der Waals surface area contributed by atoms with Crippen LogP contribution < -0.4 is 0 Å². The van der Waals surface area contributed by atoms with E-state index in [-0.39, 0.29) is 0 Å². The van der Waals surface area contributed by atoms with Crippen LogP contribution in [0.15, 0.2) is 24.3 Å². The van der Waals surface area contributed by atoms with Gasteiger partial charge >= 0.3 is 0 Å². The molecule has 0 heterocycles. The molecule has 2 fully saturated rings. The van der Waals surface area contributed by atoms with E-state index in [4.69, 9.17) is 0 Å². The van der Waals surface area contributed by atoms with Crippen LogP contribution >= 0.6 is 0 Å². The molecule has 4 atom stereocenters. The van der Waals surface area contributed by atoms with Gasteiger partial charge in [-0.15, -0.1) is 0 Å². The summed E-state index contributed by atoms with van der Waals surface area (Å²) in [6, 6.07) is 9.45. The van der Waals surface area contributed by atoms with Gasteiger partial charge in [0.1, 0.15) is 0 Å². The Kier molecular flexibility index (Phi) is 2.80. The lowest BCUT2D eigenvalue weighted by atomic mass is 9.65. The normalized spacial score (nSPS) is 37.1. The molecule has 0 nitrogen and oxygen atoms in total. The minimum Gasteiger partial charge on any atom is -0.0617 e. The molecule has 0 aromatic heterocycles. The monoisotopic (exact) mass is 242 g/mol. The topological polar surface area (TPSA) is 0 Å². The standard InChI is InChI=1S/C18H26/c1-5-13-6-8-14(9-7-13)17-11-15-10-16(17)12(2)18(15,3)4/h6-9,12,15-17H,5,10-11H2,1-4H3. The van der Waals surface area contributed by atoms with Crippen LogP contribution in [0.4, 0.5) is 0 Å². The zero-order valence-electron chi connectivity index (χ0n) is 12.2. The first-order valence-corrected chi connectivity index (χ1v) is 7.63. The SMILES string of the molecule is CCc1ccc(C2CC3CC2C(C)C3(C)C)cc1. The molecule has 0 saturated heterocycles. The predicted molar refractivity (Wildman–Crippen MR) is 77.7 cm³/mol. The summed E-state index contributed by atoms with van der Waals surface area (Å²) in [5.41, 5.74) is 3.64. The third-order valence-electron chi connectivity index (χ3n) is 6.30. The quantitative estimate of drug-likeness (QED) is 0.682. The summed E-state index contributed by atoms with van der Waals surface area (Å²) in [6.07, 6.45) is 4.04. The second-order valence-electron chi connectivity index (χ2n) is 7.14. The lowest BCUT2D eigenvalue weighted by molar-refractivity contribution is 0.122. The van der Waals surface area contributed by atoms with Gasteiger partial charge in [0.2, 0.25) is 0 Å². The van der Waals surface area contributed by atoms with Gasteiger partial charge in [0.05, 0.1) is 0 Å². The van der Waals surface area contributed by atoms with Crippen molar-refractivity contribution in [3.8, 4) is 0 Å². The maximum Gasteiger partial charge on any atom is -0.0128 e. The Balaban J connectivity index is 1.84. The Morgan fingerprint density at radius 1 is 1.11 bits per heavy atom.